The van der Waals surface area contributed by atoms with Gasteiger partial charge in [0, 0.05) is 3.58 Å². The van der Waals surface area contributed by atoms with Crippen LogP contribution in [0.4, 0.5) is 0 Å². The molecule has 0 radical (unpaired) electrons. The molecule has 0 heterocycles. The quantitative estimate of drug-likeness (QED) is 0.522. The van der Waals surface area contributed by atoms with Gasteiger partial charge in [0.25, 0.3) is 6.47 Å². The van der Waals surface area contributed by atoms with E-state index in [1.807, 2.05) is 0 Å². The zero-order valence-electron chi connectivity index (χ0n) is 4.23. The highest BCUT2D eigenvalue weighted by Crippen LogP contribution is 2.24. The minimum absolute atomic E-state index is 0.355. The Hall–Kier alpha value is 1.15. The molecular formula is C4H3BrI2O2. The molecular weight excluding hydrogens is 414 g/mol. The Balaban J connectivity index is 3.62. The third kappa shape index (κ3) is 5.59. The average Bonchev–Trinajstić information content (AvgIpc) is 1.82. The van der Waals surface area contributed by atoms with Crippen LogP contribution in [0.1, 0.15) is 0 Å². The van der Waals surface area contributed by atoms with E-state index in [1.54, 1.807) is 0 Å². The fourth-order valence-corrected chi connectivity index (χ4v) is 0.612. The van der Waals surface area contributed by atoms with Gasteiger partial charge < -0.3 is 4.74 Å². The highest BCUT2D eigenvalue weighted by Gasteiger charge is 1.95. The van der Waals surface area contributed by atoms with E-state index in [4.69, 9.17) is 0 Å². The van der Waals surface area contributed by atoms with Crippen LogP contribution in [0.3, 0.4) is 0 Å². The van der Waals surface area contributed by atoms with Crippen molar-refractivity contribution >= 4 is 67.6 Å². The molecule has 0 fully saturated rings. The zero-order valence-corrected chi connectivity index (χ0v) is 10.1. The summed E-state index contributed by atoms with van der Waals surface area (Å²) in [4.78, 5) is 9.67. The summed E-state index contributed by atoms with van der Waals surface area (Å²) in [5.41, 5.74) is 0. The number of hydrogen-bond acceptors (Lipinski definition) is 2. The first-order valence-electron chi connectivity index (χ1n) is 1.93. The summed E-state index contributed by atoms with van der Waals surface area (Å²) in [6, 6.07) is 0. The summed E-state index contributed by atoms with van der Waals surface area (Å²) < 4.78 is 6.44. The van der Waals surface area contributed by atoms with Gasteiger partial charge in [0.2, 0.25) is 0 Å². The normalized spacial score (nSPS) is 12.3. The Morgan fingerprint density at radius 2 is 2.22 bits per heavy atom. The molecule has 9 heavy (non-hydrogen) atoms. The smallest absolute Gasteiger partial charge is 0.293 e. The molecule has 0 N–H and O–H groups in total. The van der Waals surface area contributed by atoms with Crippen molar-refractivity contribution in [2.24, 2.45) is 0 Å². The van der Waals surface area contributed by atoms with Gasteiger partial charge in [-0.15, -0.1) is 0 Å². The first kappa shape index (κ1) is 10.2. The molecule has 0 aromatic carbocycles. The second-order valence-electron chi connectivity index (χ2n) is 1.07. The average molecular weight is 417 g/mol. The molecule has 52 valence electrons. The minimum atomic E-state index is 0.355. The molecule has 0 aliphatic rings. The predicted octanol–water partition coefficient (Wildman–Crippen LogP) is 2.59. The molecule has 0 bridgehead atoms. The van der Waals surface area contributed by atoms with Crippen molar-refractivity contribution in [3.05, 3.63) is 6.07 Å². The number of carbonyl (C=O) groups is 1. The van der Waals surface area contributed by atoms with Crippen molar-refractivity contribution < 1.29 is 9.53 Å². The zero-order chi connectivity index (χ0) is 7.28. The lowest BCUT2D eigenvalue weighted by Gasteiger charge is -1.95. The molecule has 0 aromatic rings. The van der Waals surface area contributed by atoms with Crippen LogP contribution in [0, 0.1) is 0 Å². The molecule has 0 aliphatic carbocycles. The molecule has 2 nitrogen and oxygen atoms in total. The summed E-state index contributed by atoms with van der Waals surface area (Å²) >= 11 is 7.43. The fourth-order valence-electron chi connectivity index (χ4n) is 0.162. The Morgan fingerprint density at radius 3 is 2.56 bits per heavy atom. The standard InChI is InChI=1S/C4H3BrI2O2/c5-4(7)3(6)1-9-2-8/h2H,1H2/b4-3+. The van der Waals surface area contributed by atoms with Crippen molar-refractivity contribution in [3.8, 4) is 0 Å². The highest BCUT2D eigenvalue weighted by molar-refractivity contribution is 14.1. The maximum Gasteiger partial charge on any atom is 0.293 e. The molecule has 5 heteroatoms. The second-order valence-corrected chi connectivity index (χ2v) is 5.73. The first-order valence-corrected chi connectivity index (χ1v) is 4.88. The maximum atomic E-state index is 9.67. The van der Waals surface area contributed by atoms with Crippen molar-refractivity contribution in [2.45, 2.75) is 0 Å². The van der Waals surface area contributed by atoms with Gasteiger partial charge in [-0.1, -0.05) is 0 Å². The largest absolute Gasteiger partial charge is 0.462 e. The van der Waals surface area contributed by atoms with E-state index in [0.717, 1.165) is 6.07 Å². The first-order chi connectivity index (χ1) is 4.18. The lowest BCUT2D eigenvalue weighted by atomic mass is 10.7. The maximum absolute atomic E-state index is 9.67. The van der Waals surface area contributed by atoms with Crippen LogP contribution in [-0.4, -0.2) is 13.1 Å². The third-order valence-corrected chi connectivity index (χ3v) is 4.24. The van der Waals surface area contributed by atoms with Crippen LogP contribution in [0.25, 0.3) is 0 Å². The van der Waals surface area contributed by atoms with Crippen molar-refractivity contribution in [1.82, 2.24) is 0 Å². The van der Waals surface area contributed by atoms with Crippen LogP contribution in [-0.2, 0) is 9.53 Å². The summed E-state index contributed by atoms with van der Waals surface area (Å²) in [6.07, 6.45) is 0. The molecule has 0 rings (SSSR count). The van der Waals surface area contributed by atoms with E-state index in [9.17, 15) is 4.79 Å². The Bertz CT molecular complexity index is 131. The Morgan fingerprint density at radius 1 is 1.67 bits per heavy atom. The van der Waals surface area contributed by atoms with E-state index in [0.29, 0.717) is 13.1 Å². The number of rotatable bonds is 3. The van der Waals surface area contributed by atoms with E-state index in [-0.39, 0.29) is 0 Å². The molecule has 0 spiro atoms. The van der Waals surface area contributed by atoms with Gasteiger partial charge in [0.15, 0.2) is 0 Å². The van der Waals surface area contributed by atoms with Gasteiger partial charge in [-0.2, -0.15) is 0 Å². The van der Waals surface area contributed by atoms with E-state index in [1.165, 1.54) is 0 Å². The summed E-state index contributed by atoms with van der Waals surface area (Å²) in [5.74, 6) is 0. The SMILES string of the molecule is O=COC/C(I)=C(/Br)I. The molecule has 0 aromatic heterocycles. The van der Waals surface area contributed by atoms with Gasteiger partial charge >= 0.3 is 0 Å². The lowest BCUT2D eigenvalue weighted by molar-refractivity contribution is -0.127. The van der Waals surface area contributed by atoms with Crippen LogP contribution < -0.4 is 0 Å². The van der Waals surface area contributed by atoms with Crippen molar-refractivity contribution in [2.75, 3.05) is 6.61 Å². The number of ether oxygens (including phenoxy) is 1. The second kappa shape index (κ2) is 5.90. The lowest BCUT2D eigenvalue weighted by Crippen LogP contribution is -1.89. The van der Waals surface area contributed by atoms with Gasteiger partial charge in [0.1, 0.15) is 6.61 Å². The van der Waals surface area contributed by atoms with Crippen LogP contribution in [0.2, 0.25) is 0 Å². The monoisotopic (exact) mass is 416 g/mol. The van der Waals surface area contributed by atoms with Gasteiger partial charge in [-0.3, -0.25) is 4.79 Å². The Kier molecular flexibility index (Phi) is 6.65. The topological polar surface area (TPSA) is 26.3 Å². The van der Waals surface area contributed by atoms with Gasteiger partial charge in [0.05, 0.1) is 2.49 Å². The Labute approximate surface area is 88.8 Å². The summed E-state index contributed by atoms with van der Waals surface area (Å²) in [5, 5.41) is 0. The highest BCUT2D eigenvalue weighted by atomic mass is 127. The van der Waals surface area contributed by atoms with Crippen LogP contribution in [0.15, 0.2) is 6.07 Å². The molecule has 0 saturated carbocycles. The van der Waals surface area contributed by atoms with Crippen LogP contribution >= 0.6 is 61.1 Å². The fraction of sp³-hybridized carbons (Fsp3) is 0.250. The summed E-state index contributed by atoms with van der Waals surface area (Å²) in [6.45, 7) is 0.791. The van der Waals surface area contributed by atoms with E-state index >= 15 is 0 Å². The molecule has 0 aliphatic heterocycles. The van der Waals surface area contributed by atoms with E-state index < -0.39 is 0 Å². The number of carbonyl (C=O) groups excluding carboxylic acids is 1. The predicted molar refractivity (Wildman–Crippen MR) is 56.0 cm³/mol. The van der Waals surface area contributed by atoms with Gasteiger partial charge in [-0.05, 0) is 61.1 Å². The van der Waals surface area contributed by atoms with Gasteiger partial charge in [-0.25, -0.2) is 0 Å². The van der Waals surface area contributed by atoms with E-state index in [2.05, 4.69) is 65.8 Å². The number of halogens is 3. The summed E-state index contributed by atoms with van der Waals surface area (Å²) in [7, 11) is 0. The minimum Gasteiger partial charge on any atom is -0.462 e. The van der Waals surface area contributed by atoms with Crippen molar-refractivity contribution in [1.29, 1.82) is 0 Å². The third-order valence-electron chi connectivity index (χ3n) is 0.483. The molecule has 0 unspecified atom stereocenters. The molecule has 0 saturated heterocycles. The molecule has 0 atom stereocenters. The molecule has 0 amide bonds. The van der Waals surface area contributed by atoms with Crippen LogP contribution in [0.5, 0.6) is 0 Å². The number of hydrogen-bond donors (Lipinski definition) is 0. The van der Waals surface area contributed by atoms with Crippen molar-refractivity contribution in [3.63, 3.8) is 0 Å².